The van der Waals surface area contributed by atoms with Crippen molar-refractivity contribution in [3.05, 3.63) is 89.2 Å². The maximum atomic E-state index is 12.3. The Balaban J connectivity index is 1.68. The van der Waals surface area contributed by atoms with E-state index in [1.54, 1.807) is 42.7 Å². The molecule has 0 radical (unpaired) electrons. The van der Waals surface area contributed by atoms with Crippen LogP contribution in [-0.4, -0.2) is 23.3 Å². The molecule has 1 amide bonds. The van der Waals surface area contributed by atoms with E-state index in [4.69, 9.17) is 15.2 Å². The fraction of sp³-hybridized carbons (Fsp3) is 0.174. The van der Waals surface area contributed by atoms with E-state index in [0.29, 0.717) is 29.2 Å². The van der Waals surface area contributed by atoms with Crippen LogP contribution in [0.25, 0.3) is 0 Å². The zero-order valence-electron chi connectivity index (χ0n) is 15.9. The lowest BCUT2D eigenvalue weighted by Gasteiger charge is -2.24. The molecule has 2 N–H and O–H groups in total. The molecule has 1 aliphatic heterocycles. The molecule has 4 rings (SSSR count). The molecule has 146 valence electrons. The topological polar surface area (TPSA) is 91.5 Å². The molecule has 0 saturated carbocycles. The van der Waals surface area contributed by atoms with Crippen LogP contribution in [0.4, 0.5) is 0 Å². The van der Waals surface area contributed by atoms with Gasteiger partial charge in [-0.05, 0) is 47.5 Å². The lowest BCUT2D eigenvalue weighted by Crippen LogP contribution is -2.25. The number of nitrogens with two attached hydrogens (primary N) is 1. The highest BCUT2D eigenvalue weighted by atomic mass is 16.5. The van der Waals surface area contributed by atoms with Gasteiger partial charge in [-0.25, -0.2) is 0 Å². The minimum atomic E-state index is -0.483. The normalized spacial score (nSPS) is 16.4. The van der Waals surface area contributed by atoms with Crippen LogP contribution < -0.4 is 15.2 Å². The summed E-state index contributed by atoms with van der Waals surface area (Å²) in [5.41, 5.74) is 8.09. The van der Waals surface area contributed by atoms with Crippen LogP contribution in [0.3, 0.4) is 0 Å². The van der Waals surface area contributed by atoms with Crippen molar-refractivity contribution in [2.24, 2.45) is 11.7 Å². The van der Waals surface area contributed by atoms with Gasteiger partial charge in [0.15, 0.2) is 5.78 Å². The lowest BCUT2D eigenvalue weighted by atomic mass is 9.96. The van der Waals surface area contributed by atoms with E-state index in [1.807, 2.05) is 31.2 Å². The van der Waals surface area contributed by atoms with Gasteiger partial charge in [0.05, 0.1) is 18.1 Å². The molecule has 0 spiro atoms. The number of Topliss-reactive ketones (excluding diaryl/α,β-unsaturated/α-hetero) is 1. The molecule has 29 heavy (non-hydrogen) atoms. The first-order chi connectivity index (χ1) is 14.0. The molecule has 6 nitrogen and oxygen atoms in total. The molecular weight excluding hydrogens is 368 g/mol. The molecule has 0 bridgehead atoms. The van der Waals surface area contributed by atoms with Crippen molar-refractivity contribution in [2.45, 2.75) is 13.0 Å². The number of rotatable bonds is 5. The molecule has 0 unspecified atom stereocenters. The summed E-state index contributed by atoms with van der Waals surface area (Å²) in [5.74, 6) is 0.548. The fourth-order valence-electron chi connectivity index (χ4n) is 3.28. The SMILES string of the molecule is C[C@H]1COc2cc(O[C@H](c3ccncc3)c3ccc(C(N)=O)cc3)ccc2C1=O. The monoisotopic (exact) mass is 388 g/mol. The number of hydrogen-bond acceptors (Lipinski definition) is 5. The second kappa shape index (κ2) is 7.75. The third-order valence-electron chi connectivity index (χ3n) is 4.92. The van der Waals surface area contributed by atoms with Gasteiger partial charge in [-0.1, -0.05) is 19.1 Å². The predicted molar refractivity (Wildman–Crippen MR) is 107 cm³/mol. The maximum absolute atomic E-state index is 12.3. The highest BCUT2D eigenvalue weighted by Gasteiger charge is 2.26. The fourth-order valence-corrected chi connectivity index (χ4v) is 3.28. The second-order valence-electron chi connectivity index (χ2n) is 7.00. The zero-order chi connectivity index (χ0) is 20.4. The van der Waals surface area contributed by atoms with E-state index in [9.17, 15) is 9.59 Å². The first-order valence-corrected chi connectivity index (χ1v) is 9.30. The summed E-state index contributed by atoms with van der Waals surface area (Å²) in [6.45, 7) is 2.21. The molecule has 0 fully saturated rings. The van der Waals surface area contributed by atoms with Crippen LogP contribution in [-0.2, 0) is 0 Å². The van der Waals surface area contributed by atoms with E-state index < -0.39 is 12.0 Å². The van der Waals surface area contributed by atoms with E-state index in [2.05, 4.69) is 4.98 Å². The molecule has 2 aromatic carbocycles. The van der Waals surface area contributed by atoms with Gasteiger partial charge in [-0.15, -0.1) is 0 Å². The molecule has 1 aliphatic rings. The third-order valence-corrected chi connectivity index (χ3v) is 4.92. The quantitative estimate of drug-likeness (QED) is 0.722. The Bertz CT molecular complexity index is 1050. The summed E-state index contributed by atoms with van der Waals surface area (Å²) >= 11 is 0. The number of benzene rings is 2. The first-order valence-electron chi connectivity index (χ1n) is 9.30. The van der Waals surface area contributed by atoms with Crippen LogP contribution in [0.15, 0.2) is 67.0 Å². The van der Waals surface area contributed by atoms with Gasteiger partial charge >= 0.3 is 0 Å². The number of amides is 1. The van der Waals surface area contributed by atoms with Crippen LogP contribution in [0.1, 0.15) is 44.9 Å². The number of aromatic nitrogens is 1. The molecule has 0 saturated heterocycles. The second-order valence-corrected chi connectivity index (χ2v) is 7.00. The Labute approximate surface area is 168 Å². The van der Waals surface area contributed by atoms with Crippen LogP contribution >= 0.6 is 0 Å². The van der Waals surface area contributed by atoms with Crippen molar-refractivity contribution in [3.63, 3.8) is 0 Å². The number of carbonyl (C=O) groups is 2. The molecular formula is C23H20N2O4. The number of ketones is 1. The summed E-state index contributed by atoms with van der Waals surface area (Å²) in [7, 11) is 0. The zero-order valence-corrected chi connectivity index (χ0v) is 15.9. The van der Waals surface area contributed by atoms with Gasteiger partial charge in [0.25, 0.3) is 0 Å². The number of primary amides is 1. The maximum Gasteiger partial charge on any atom is 0.248 e. The minimum absolute atomic E-state index is 0.0746. The molecule has 2 atom stereocenters. The minimum Gasteiger partial charge on any atom is -0.492 e. The average Bonchev–Trinajstić information content (AvgIpc) is 2.75. The van der Waals surface area contributed by atoms with Gasteiger partial charge in [0.1, 0.15) is 17.6 Å². The highest BCUT2D eigenvalue weighted by Crippen LogP contribution is 2.34. The van der Waals surface area contributed by atoms with Crippen LogP contribution in [0.5, 0.6) is 11.5 Å². The number of pyridine rings is 1. The summed E-state index contributed by atoms with van der Waals surface area (Å²) in [6, 6.07) is 15.9. The van der Waals surface area contributed by atoms with Gasteiger partial charge < -0.3 is 15.2 Å². The molecule has 2 heterocycles. The Kier molecular flexibility index (Phi) is 4.99. The molecule has 1 aromatic heterocycles. The van der Waals surface area contributed by atoms with Gasteiger partial charge in [-0.2, -0.15) is 0 Å². The molecule has 3 aromatic rings. The Hall–Kier alpha value is -3.67. The van der Waals surface area contributed by atoms with Crippen LogP contribution in [0.2, 0.25) is 0 Å². The third kappa shape index (κ3) is 3.82. The molecule has 0 aliphatic carbocycles. The number of hydrogen-bond donors (Lipinski definition) is 1. The van der Waals surface area contributed by atoms with Crippen molar-refractivity contribution in [1.29, 1.82) is 0 Å². The van der Waals surface area contributed by atoms with E-state index in [0.717, 1.165) is 11.1 Å². The number of carbonyl (C=O) groups excluding carboxylic acids is 2. The van der Waals surface area contributed by atoms with Gasteiger partial charge in [0, 0.05) is 24.0 Å². The van der Waals surface area contributed by atoms with Crippen molar-refractivity contribution in [1.82, 2.24) is 4.98 Å². The summed E-state index contributed by atoms with van der Waals surface area (Å²) in [4.78, 5) is 27.7. The largest absolute Gasteiger partial charge is 0.492 e. The average molecular weight is 388 g/mol. The van der Waals surface area contributed by atoms with Crippen molar-refractivity contribution in [3.8, 4) is 11.5 Å². The standard InChI is InChI=1S/C23H20N2O4/c1-14-13-28-20-12-18(6-7-19(20)21(14)26)29-22(16-8-10-25-11-9-16)15-2-4-17(5-3-15)23(24)27/h2-12,14,22H,13H2,1H3,(H2,24,27)/t14-,22-/m0/s1. The van der Waals surface area contributed by atoms with Crippen LogP contribution in [0, 0.1) is 5.92 Å². The first kappa shape index (κ1) is 18.7. The molecule has 6 heteroatoms. The smallest absolute Gasteiger partial charge is 0.248 e. The van der Waals surface area contributed by atoms with E-state index in [1.165, 1.54) is 0 Å². The van der Waals surface area contributed by atoms with E-state index in [-0.39, 0.29) is 11.7 Å². The lowest BCUT2D eigenvalue weighted by molar-refractivity contribution is 0.0847. The Morgan fingerprint density at radius 1 is 1.10 bits per heavy atom. The van der Waals surface area contributed by atoms with Gasteiger partial charge in [0.2, 0.25) is 5.91 Å². The number of ether oxygens (including phenoxy) is 2. The van der Waals surface area contributed by atoms with Gasteiger partial charge in [-0.3, -0.25) is 14.6 Å². The Morgan fingerprint density at radius 2 is 1.79 bits per heavy atom. The van der Waals surface area contributed by atoms with Crippen molar-refractivity contribution >= 4 is 11.7 Å². The summed E-state index contributed by atoms with van der Waals surface area (Å²) < 4.78 is 12.0. The van der Waals surface area contributed by atoms with E-state index >= 15 is 0 Å². The Morgan fingerprint density at radius 3 is 2.48 bits per heavy atom. The predicted octanol–water partition coefficient (Wildman–Crippen LogP) is 3.56. The number of fused-ring (bicyclic) bond motifs is 1. The summed E-state index contributed by atoms with van der Waals surface area (Å²) in [5, 5.41) is 0. The number of nitrogens with zero attached hydrogens (tertiary/aromatic N) is 1. The van der Waals surface area contributed by atoms with Crippen molar-refractivity contribution in [2.75, 3.05) is 6.61 Å². The highest BCUT2D eigenvalue weighted by molar-refractivity contribution is 6.01. The van der Waals surface area contributed by atoms with Crippen molar-refractivity contribution < 1.29 is 19.1 Å². The summed E-state index contributed by atoms with van der Waals surface area (Å²) in [6.07, 6.45) is 2.95.